The second kappa shape index (κ2) is 5.51. The number of rotatable bonds is 4. The highest BCUT2D eigenvalue weighted by molar-refractivity contribution is 6.09. The van der Waals surface area contributed by atoms with Crippen LogP contribution in [0.15, 0.2) is 42.7 Å². The molecule has 1 heterocycles. The first-order chi connectivity index (χ1) is 9.08. The number of ketones is 1. The van der Waals surface area contributed by atoms with E-state index in [0.29, 0.717) is 0 Å². The Morgan fingerprint density at radius 3 is 2.42 bits per heavy atom. The van der Waals surface area contributed by atoms with Crippen LogP contribution >= 0.6 is 0 Å². The molecule has 0 unspecified atom stereocenters. The fourth-order valence-corrected chi connectivity index (χ4v) is 1.51. The molecule has 0 aliphatic rings. The molecule has 0 saturated heterocycles. The Morgan fingerprint density at radius 1 is 1.16 bits per heavy atom. The molecule has 0 fully saturated rings. The molecule has 98 valence electrons. The molecular formula is C13H8F3NO2. The summed E-state index contributed by atoms with van der Waals surface area (Å²) in [5.74, 6) is -1.80. The van der Waals surface area contributed by atoms with Crippen molar-refractivity contribution < 1.29 is 22.7 Å². The number of carbonyl (C=O) groups is 1. The van der Waals surface area contributed by atoms with E-state index in [0.717, 1.165) is 18.2 Å². The molecule has 0 radical (unpaired) electrons. The van der Waals surface area contributed by atoms with Crippen LogP contribution in [0.5, 0.6) is 5.75 Å². The minimum Gasteiger partial charge on any atom is -0.435 e. The molecule has 0 atom stereocenters. The maximum Gasteiger partial charge on any atom is 0.387 e. The highest BCUT2D eigenvalue weighted by Crippen LogP contribution is 2.20. The van der Waals surface area contributed by atoms with Crippen LogP contribution in [0.4, 0.5) is 13.2 Å². The first-order valence-electron chi connectivity index (χ1n) is 5.27. The molecule has 0 bridgehead atoms. The summed E-state index contributed by atoms with van der Waals surface area (Å²) in [6.07, 6.45) is 2.80. The van der Waals surface area contributed by atoms with Gasteiger partial charge in [-0.25, -0.2) is 4.39 Å². The van der Waals surface area contributed by atoms with Gasteiger partial charge in [0.25, 0.3) is 0 Å². The van der Waals surface area contributed by atoms with Crippen molar-refractivity contribution in [2.24, 2.45) is 0 Å². The summed E-state index contributed by atoms with van der Waals surface area (Å²) in [5.41, 5.74) is 0.0456. The number of halogens is 3. The third kappa shape index (κ3) is 3.09. The second-order valence-corrected chi connectivity index (χ2v) is 3.59. The third-order valence-corrected chi connectivity index (χ3v) is 2.35. The van der Waals surface area contributed by atoms with Crippen LogP contribution in [0.3, 0.4) is 0 Å². The van der Waals surface area contributed by atoms with Crippen LogP contribution < -0.4 is 4.74 Å². The average molecular weight is 267 g/mol. The zero-order valence-corrected chi connectivity index (χ0v) is 9.52. The van der Waals surface area contributed by atoms with Gasteiger partial charge in [0.2, 0.25) is 0 Å². The van der Waals surface area contributed by atoms with Gasteiger partial charge in [-0.3, -0.25) is 9.78 Å². The summed E-state index contributed by atoms with van der Waals surface area (Å²) in [7, 11) is 0. The number of aromatic nitrogens is 1. The van der Waals surface area contributed by atoms with Gasteiger partial charge >= 0.3 is 6.61 Å². The van der Waals surface area contributed by atoms with Gasteiger partial charge < -0.3 is 4.74 Å². The van der Waals surface area contributed by atoms with E-state index in [1.54, 1.807) is 0 Å². The molecule has 1 aromatic heterocycles. The maximum absolute atomic E-state index is 13.7. The summed E-state index contributed by atoms with van der Waals surface area (Å²) in [6, 6.07) is 5.84. The Bertz CT molecular complexity index is 588. The number of hydrogen-bond donors (Lipinski definition) is 0. The van der Waals surface area contributed by atoms with E-state index in [2.05, 4.69) is 9.72 Å². The molecule has 0 saturated carbocycles. The maximum atomic E-state index is 13.7. The summed E-state index contributed by atoms with van der Waals surface area (Å²) < 4.78 is 41.6. The second-order valence-electron chi connectivity index (χ2n) is 3.59. The molecule has 2 aromatic rings. The third-order valence-electron chi connectivity index (χ3n) is 2.35. The van der Waals surface area contributed by atoms with Crippen molar-refractivity contribution in [3.05, 3.63) is 59.7 Å². The van der Waals surface area contributed by atoms with E-state index >= 15 is 0 Å². The van der Waals surface area contributed by atoms with Gasteiger partial charge in [-0.15, -0.1) is 0 Å². The first kappa shape index (κ1) is 13.1. The van der Waals surface area contributed by atoms with Crippen molar-refractivity contribution in [3.63, 3.8) is 0 Å². The molecule has 0 amide bonds. The molecular weight excluding hydrogens is 259 g/mol. The number of hydrogen-bond acceptors (Lipinski definition) is 3. The molecule has 0 aliphatic carbocycles. The van der Waals surface area contributed by atoms with E-state index in [9.17, 15) is 18.0 Å². The number of ether oxygens (including phenoxy) is 1. The number of carbonyl (C=O) groups excluding carboxylic acids is 1. The van der Waals surface area contributed by atoms with Crippen molar-refractivity contribution in [2.45, 2.75) is 6.61 Å². The first-order valence-corrected chi connectivity index (χ1v) is 5.27. The minimum atomic E-state index is -3.04. The number of benzene rings is 1. The van der Waals surface area contributed by atoms with Crippen LogP contribution in [0, 0.1) is 5.82 Å². The molecule has 19 heavy (non-hydrogen) atoms. The predicted octanol–water partition coefficient (Wildman–Crippen LogP) is 3.05. The van der Waals surface area contributed by atoms with Gasteiger partial charge in [-0.1, -0.05) is 0 Å². The molecule has 3 nitrogen and oxygen atoms in total. The smallest absolute Gasteiger partial charge is 0.387 e. The zero-order valence-electron chi connectivity index (χ0n) is 9.52. The largest absolute Gasteiger partial charge is 0.435 e. The van der Waals surface area contributed by atoms with Gasteiger partial charge in [0.05, 0.1) is 5.56 Å². The van der Waals surface area contributed by atoms with Gasteiger partial charge in [0.1, 0.15) is 11.6 Å². The van der Waals surface area contributed by atoms with Crippen LogP contribution in [-0.4, -0.2) is 17.4 Å². The highest BCUT2D eigenvalue weighted by atomic mass is 19.3. The lowest BCUT2D eigenvalue weighted by molar-refractivity contribution is -0.0499. The summed E-state index contributed by atoms with van der Waals surface area (Å²) >= 11 is 0. The lowest BCUT2D eigenvalue weighted by Crippen LogP contribution is -2.06. The summed E-state index contributed by atoms with van der Waals surface area (Å²) in [6.45, 7) is -3.04. The van der Waals surface area contributed by atoms with Gasteiger partial charge in [-0.05, 0) is 24.3 Å². The van der Waals surface area contributed by atoms with E-state index < -0.39 is 18.2 Å². The van der Waals surface area contributed by atoms with Crippen molar-refractivity contribution in [3.8, 4) is 5.75 Å². The molecule has 2 rings (SSSR count). The lowest BCUT2D eigenvalue weighted by atomic mass is 10.0. The van der Waals surface area contributed by atoms with Crippen molar-refractivity contribution in [1.82, 2.24) is 4.98 Å². The van der Waals surface area contributed by atoms with E-state index in [4.69, 9.17) is 0 Å². The van der Waals surface area contributed by atoms with E-state index in [1.807, 2.05) is 0 Å². The Labute approximate surface area is 106 Å². The molecule has 0 spiro atoms. The predicted molar refractivity (Wildman–Crippen MR) is 60.7 cm³/mol. The van der Waals surface area contributed by atoms with Gasteiger partial charge in [0.15, 0.2) is 5.78 Å². The fourth-order valence-electron chi connectivity index (χ4n) is 1.51. The average Bonchev–Trinajstić information content (AvgIpc) is 2.38. The minimum absolute atomic E-state index is 0.215. The molecule has 6 heteroatoms. The zero-order chi connectivity index (χ0) is 13.8. The number of nitrogens with zero attached hydrogens (tertiary/aromatic N) is 1. The Balaban J connectivity index is 2.29. The number of alkyl halides is 2. The standard InChI is InChI=1S/C13H8F3NO2/c14-11-7-9(19-13(15)16)1-2-10(11)12(18)8-3-5-17-6-4-8/h1-7,13H. The summed E-state index contributed by atoms with van der Waals surface area (Å²) in [5, 5.41) is 0. The van der Waals surface area contributed by atoms with Crippen molar-refractivity contribution in [2.75, 3.05) is 0 Å². The van der Waals surface area contributed by atoms with Crippen LogP contribution in [0.2, 0.25) is 0 Å². The van der Waals surface area contributed by atoms with E-state index in [1.165, 1.54) is 24.5 Å². The lowest BCUT2D eigenvalue weighted by Gasteiger charge is -2.07. The Hall–Kier alpha value is -2.37. The summed E-state index contributed by atoms with van der Waals surface area (Å²) in [4.78, 5) is 15.7. The van der Waals surface area contributed by atoms with Crippen LogP contribution in [-0.2, 0) is 0 Å². The fraction of sp³-hybridized carbons (Fsp3) is 0.0769. The van der Waals surface area contributed by atoms with Gasteiger partial charge in [-0.2, -0.15) is 8.78 Å². The SMILES string of the molecule is O=C(c1ccncc1)c1ccc(OC(F)F)cc1F. The topological polar surface area (TPSA) is 39.2 Å². The van der Waals surface area contributed by atoms with Crippen molar-refractivity contribution >= 4 is 5.78 Å². The quantitative estimate of drug-likeness (QED) is 0.799. The van der Waals surface area contributed by atoms with Gasteiger partial charge in [0, 0.05) is 24.0 Å². The molecule has 1 aromatic carbocycles. The van der Waals surface area contributed by atoms with E-state index in [-0.39, 0.29) is 16.9 Å². The molecule has 0 N–H and O–H groups in total. The Kier molecular flexibility index (Phi) is 3.79. The monoisotopic (exact) mass is 267 g/mol. The Morgan fingerprint density at radius 2 is 1.84 bits per heavy atom. The molecule has 0 aliphatic heterocycles. The normalized spacial score (nSPS) is 10.5. The van der Waals surface area contributed by atoms with Crippen LogP contribution in [0.1, 0.15) is 15.9 Å². The number of pyridine rings is 1. The highest BCUT2D eigenvalue weighted by Gasteiger charge is 2.15. The van der Waals surface area contributed by atoms with Crippen molar-refractivity contribution in [1.29, 1.82) is 0 Å². The van der Waals surface area contributed by atoms with Crippen LogP contribution in [0.25, 0.3) is 0 Å².